The molecule has 2 heterocycles. The second-order valence-corrected chi connectivity index (χ2v) is 24.6. The number of benzene rings is 4. The summed E-state index contributed by atoms with van der Waals surface area (Å²) in [4.78, 5) is 24.5. The summed E-state index contributed by atoms with van der Waals surface area (Å²) in [7, 11) is -27.9. The van der Waals surface area contributed by atoms with Crippen LogP contribution in [0, 0.1) is 19.9 Å². The van der Waals surface area contributed by atoms with Crippen molar-refractivity contribution >= 4 is 131 Å². The number of hydrogen-bond acceptors (Lipinski definition) is 29. The van der Waals surface area contributed by atoms with Crippen LogP contribution >= 0.6 is 0 Å². The first kappa shape index (κ1) is 81.9. The molecule has 0 atom stereocenters. The van der Waals surface area contributed by atoms with Crippen molar-refractivity contribution in [2.45, 2.75) is 27.4 Å². The van der Waals surface area contributed by atoms with Crippen molar-refractivity contribution in [2.24, 2.45) is 0 Å². The van der Waals surface area contributed by atoms with E-state index in [0.717, 1.165) is 43.5 Å². The number of nitrogens with one attached hydrogen (secondary N) is 5. The Hall–Kier alpha value is -1.10. The van der Waals surface area contributed by atoms with E-state index < -0.39 is 112 Å². The molecule has 0 aliphatic rings. The van der Waals surface area contributed by atoms with Crippen LogP contribution in [0.15, 0.2) is 87.5 Å². The van der Waals surface area contributed by atoms with Gasteiger partial charge >= 0.3 is 177 Å². The average Bonchev–Trinajstić information content (AvgIpc) is 3.30. The maximum Gasteiger partial charge on any atom is 1.00 e. The molecule has 0 saturated heterocycles. The van der Waals surface area contributed by atoms with Crippen molar-refractivity contribution < 1.29 is 255 Å². The Morgan fingerprint density at radius 1 is 0.614 bits per heavy atom. The van der Waals surface area contributed by atoms with Gasteiger partial charge in [0.1, 0.15) is 30.9 Å². The van der Waals surface area contributed by atoms with Crippen LogP contribution < -0.4 is 209 Å². The summed E-state index contributed by atoms with van der Waals surface area (Å²) in [5.41, 5.74) is 0.0953. The molecule has 83 heavy (non-hydrogen) atoms. The van der Waals surface area contributed by atoms with Crippen LogP contribution in [0.4, 0.5) is 58.4 Å². The van der Waals surface area contributed by atoms with Crippen LogP contribution in [-0.4, -0.2) is 141 Å². The zero-order valence-corrected chi connectivity index (χ0v) is 62.4. The quantitative estimate of drug-likeness (QED) is 0.0102. The number of hydrogen-bond donors (Lipinski definition) is 6. The summed E-state index contributed by atoms with van der Waals surface area (Å²) in [5, 5.41) is 13.4. The fraction of sp³-hybridized carbons (Fsp3) is 0.195. The van der Waals surface area contributed by atoms with E-state index in [4.69, 9.17) is 4.18 Å². The molecule has 414 valence electrons. The third-order valence-electron chi connectivity index (χ3n) is 10.1. The first-order valence-electron chi connectivity index (χ1n) is 21.3. The maximum absolute atomic E-state index is 13.4. The van der Waals surface area contributed by atoms with Crippen molar-refractivity contribution in [3.63, 3.8) is 0 Å². The molecular formula is C41H40N12Na6O18S6. The van der Waals surface area contributed by atoms with Gasteiger partial charge in [-0.1, -0.05) is 36.0 Å². The minimum absolute atomic E-state index is 0. The van der Waals surface area contributed by atoms with E-state index >= 15 is 0 Å². The molecule has 0 radical (unpaired) electrons. The summed E-state index contributed by atoms with van der Waals surface area (Å²) in [6.07, 6.45) is 2.54. The second-order valence-electron chi connectivity index (χ2n) is 15.7. The average molecular weight is 1320 g/mol. The minimum atomic E-state index is -5.05. The third kappa shape index (κ3) is 26.1. The molecule has 0 unspecified atom stereocenters. The molecule has 6 N–H and O–H groups in total. The van der Waals surface area contributed by atoms with Crippen LogP contribution in [-0.2, 0) is 70.6 Å². The molecule has 42 heteroatoms. The fourth-order valence-corrected chi connectivity index (χ4v) is 9.96. The number of rotatable bonds is 25. The van der Waals surface area contributed by atoms with Crippen LogP contribution in [0.5, 0.6) is 0 Å². The van der Waals surface area contributed by atoms with Gasteiger partial charge in [0.25, 0.3) is 20.2 Å². The number of anilines is 10. The summed E-state index contributed by atoms with van der Waals surface area (Å²) in [6.45, 7) is 4.14. The molecule has 0 aliphatic carbocycles. The first-order valence-corrected chi connectivity index (χ1v) is 30.3. The Balaban J connectivity index is 0.0000112. The molecule has 0 aliphatic heterocycles. The topological polar surface area (TPSA) is 467 Å². The monoisotopic (exact) mass is 1320 g/mol. The van der Waals surface area contributed by atoms with Gasteiger partial charge in [-0.25, -0.2) is 33.7 Å². The molecule has 0 fully saturated rings. The first-order chi connectivity index (χ1) is 35.8. The second kappa shape index (κ2) is 34.8. The van der Waals surface area contributed by atoms with Crippen LogP contribution in [0.3, 0.4) is 0 Å². The molecule has 0 amide bonds. The van der Waals surface area contributed by atoms with Gasteiger partial charge in [-0.2, -0.15) is 71.0 Å². The van der Waals surface area contributed by atoms with Crippen LogP contribution in [0.2, 0.25) is 0 Å². The van der Waals surface area contributed by atoms with Gasteiger partial charge < -0.3 is 56.6 Å². The smallest absolute Gasteiger partial charge is 0.748 e. The van der Waals surface area contributed by atoms with Gasteiger partial charge in [-0.3, -0.25) is 8.74 Å². The van der Waals surface area contributed by atoms with Crippen molar-refractivity contribution in [1.29, 1.82) is 0 Å². The molecule has 6 aromatic rings. The summed E-state index contributed by atoms with van der Waals surface area (Å²) in [6, 6.07) is 16.9. The molecule has 2 aromatic heterocycles. The standard InChI is InChI=1S/C41H44N12O18S6.6Na/c1-4-53(18-20-73(57,58)59)41-51-38(50-40(52-41)46-33-23-31(75(63,64)65)16-9-25(33)2)44-30-15-13-27(35(22-30)77(69,70)71-3)11-10-26-12-14-29(21-28(26)24-74(60,61)62)43-37-47-36(42-17-19-72(54,55)56)48-39(49-37)45-32-7-5-6-8-34(32)76(66,67)68;;;;;;/h6-16,21-23H,1,4,17-20,24H2,2-3H3,(H,54,55,56)(H,57,58,59)(H,60,61,62)(H,63,64,65)(H,66,67,68)(H2,44,46,50,51,52)(H3,42,43,45,47,48,49);;;;;;/q-2;6*+1/p-4/b11-10+;;;;;;. The largest absolute Gasteiger partial charge is 1.00 e. The van der Waals surface area contributed by atoms with Crippen LogP contribution in [0.25, 0.3) is 12.2 Å². The van der Waals surface area contributed by atoms with E-state index in [-0.39, 0.29) is 253 Å². The van der Waals surface area contributed by atoms with E-state index in [1.54, 1.807) is 6.92 Å². The van der Waals surface area contributed by atoms with E-state index in [9.17, 15) is 73.3 Å². The number of aryl methyl sites for hydroxylation is 1. The number of aromatic nitrogens is 6. The van der Waals surface area contributed by atoms with Crippen molar-refractivity contribution in [3.05, 3.63) is 108 Å². The molecule has 0 bridgehead atoms. The summed E-state index contributed by atoms with van der Waals surface area (Å²) in [5.74, 6) is -4.88. The van der Waals surface area contributed by atoms with E-state index in [1.807, 2.05) is 0 Å². The fourth-order valence-electron chi connectivity index (χ4n) is 6.53. The molecule has 0 spiro atoms. The van der Waals surface area contributed by atoms with Gasteiger partial charge in [0, 0.05) is 30.2 Å². The Morgan fingerprint density at radius 2 is 1.13 bits per heavy atom. The summed E-state index contributed by atoms with van der Waals surface area (Å²) >= 11 is 0. The van der Waals surface area contributed by atoms with Crippen molar-refractivity contribution in [1.82, 2.24) is 29.9 Å². The predicted molar refractivity (Wildman–Crippen MR) is 272 cm³/mol. The van der Waals surface area contributed by atoms with E-state index in [1.165, 1.54) is 53.5 Å². The molecule has 0 saturated carbocycles. The molecular weight excluding hydrogens is 1280 g/mol. The Bertz CT molecular complexity index is 3980. The summed E-state index contributed by atoms with van der Waals surface area (Å²) < 4.78 is 206. The normalized spacial score (nSPS) is 11.7. The van der Waals surface area contributed by atoms with Gasteiger partial charge in [0.2, 0.25) is 35.7 Å². The minimum Gasteiger partial charge on any atom is -0.748 e. The molecule has 4 aromatic carbocycles. The van der Waals surface area contributed by atoms with Gasteiger partial charge in [0.05, 0.1) is 43.7 Å². The van der Waals surface area contributed by atoms with Crippen molar-refractivity contribution in [3.8, 4) is 0 Å². The zero-order valence-electron chi connectivity index (χ0n) is 45.5. The van der Waals surface area contributed by atoms with E-state index in [2.05, 4.69) is 69.5 Å². The predicted octanol–water partition coefficient (Wildman–Crippen LogP) is -16.0. The van der Waals surface area contributed by atoms with Gasteiger partial charge in [0.15, 0.2) is 0 Å². The van der Waals surface area contributed by atoms with E-state index in [0.29, 0.717) is 5.56 Å². The number of nitrogens with zero attached hydrogens (tertiary/aromatic N) is 7. The SMILES string of the molecule is [CH2-]CN(CCS(=O)(=O)[O-])c1nc(Nc2ccc(/C=C/c3ccc(Nc4nc(NCCS(=O)(=O)[O-])nc(Nc5c[c-]ccc5S(=O)(=O)[O-])n4)cc3CS(=O)(=O)O)c(S(=O)(=O)OC)c2)nc(Nc2cc(S(=O)(=O)[O-])ccc2C)n1.[Na+].[Na+].[Na+].[Na+].[Na+].[Na+]. The van der Waals surface area contributed by atoms with Gasteiger partial charge in [-0.15, -0.1) is 6.54 Å². The Kier molecular flexibility index (Phi) is 34.3. The zero-order chi connectivity index (χ0) is 56.7. The Labute approximate surface area is 611 Å². The Morgan fingerprint density at radius 3 is 1.67 bits per heavy atom. The van der Waals surface area contributed by atoms with Crippen molar-refractivity contribution in [2.75, 3.05) is 69.7 Å². The van der Waals surface area contributed by atoms with Gasteiger partial charge in [-0.05, 0) is 70.5 Å². The van der Waals surface area contributed by atoms with Crippen LogP contribution in [0.1, 0.15) is 22.3 Å². The third-order valence-corrected chi connectivity index (χ3v) is 15.2. The molecule has 6 rings (SSSR count). The maximum atomic E-state index is 13.4. The molecule has 30 nitrogen and oxygen atoms in total.